The normalized spacial score (nSPS) is 14.2. The maximum atomic E-state index is 12.9. The van der Waals surface area contributed by atoms with Gasteiger partial charge in [-0.15, -0.1) is 5.10 Å². The van der Waals surface area contributed by atoms with Crippen molar-refractivity contribution in [3.63, 3.8) is 0 Å². The third-order valence-electron chi connectivity index (χ3n) is 3.58. The predicted molar refractivity (Wildman–Crippen MR) is 80.4 cm³/mol. The van der Waals surface area contributed by atoms with Crippen LogP contribution in [-0.4, -0.2) is 23.3 Å². The molecule has 0 spiro atoms. The van der Waals surface area contributed by atoms with Crippen LogP contribution >= 0.6 is 0 Å². The standard InChI is InChI=1S/C16H19FN4/c1-21(11-12-2-4-13(17)5-3-12)16-9-8-15(19-20-16)10-18-14-6-7-14/h2-5,8-9,14,18H,6-7,10-11H2,1H3. The Hall–Kier alpha value is -2.01. The molecule has 1 heterocycles. The molecule has 1 aromatic heterocycles. The van der Waals surface area contributed by atoms with Crippen LogP contribution in [0.25, 0.3) is 0 Å². The van der Waals surface area contributed by atoms with Crippen molar-refractivity contribution in [3.05, 3.63) is 53.5 Å². The SMILES string of the molecule is CN(Cc1ccc(F)cc1)c1ccc(CNC2CC2)nn1. The van der Waals surface area contributed by atoms with Gasteiger partial charge in [-0.1, -0.05) is 12.1 Å². The Morgan fingerprint density at radius 2 is 1.90 bits per heavy atom. The molecule has 0 amide bonds. The monoisotopic (exact) mass is 286 g/mol. The van der Waals surface area contributed by atoms with Crippen molar-refractivity contribution in [2.75, 3.05) is 11.9 Å². The summed E-state index contributed by atoms with van der Waals surface area (Å²) in [5, 5.41) is 11.9. The second kappa shape index (κ2) is 6.18. The van der Waals surface area contributed by atoms with Gasteiger partial charge >= 0.3 is 0 Å². The summed E-state index contributed by atoms with van der Waals surface area (Å²) in [7, 11) is 1.95. The van der Waals surface area contributed by atoms with E-state index in [-0.39, 0.29) is 5.82 Å². The molecule has 0 radical (unpaired) electrons. The van der Waals surface area contributed by atoms with E-state index in [2.05, 4.69) is 15.5 Å². The van der Waals surface area contributed by atoms with Crippen LogP contribution in [0.2, 0.25) is 0 Å². The number of anilines is 1. The molecule has 2 aromatic rings. The van der Waals surface area contributed by atoms with E-state index in [1.807, 2.05) is 24.1 Å². The van der Waals surface area contributed by atoms with Crippen LogP contribution < -0.4 is 10.2 Å². The van der Waals surface area contributed by atoms with Gasteiger partial charge in [-0.05, 0) is 42.7 Å². The smallest absolute Gasteiger partial charge is 0.151 e. The van der Waals surface area contributed by atoms with Crippen molar-refractivity contribution in [2.24, 2.45) is 0 Å². The second-order valence-electron chi connectivity index (χ2n) is 5.52. The molecule has 0 unspecified atom stereocenters. The molecule has 0 saturated heterocycles. The van der Waals surface area contributed by atoms with Crippen LogP contribution in [0.1, 0.15) is 24.1 Å². The van der Waals surface area contributed by atoms with Gasteiger partial charge in [0.2, 0.25) is 0 Å². The fourth-order valence-corrected chi connectivity index (χ4v) is 2.13. The molecule has 1 aromatic carbocycles. The molecule has 110 valence electrons. The number of rotatable bonds is 6. The molecule has 1 saturated carbocycles. The van der Waals surface area contributed by atoms with Gasteiger partial charge in [-0.2, -0.15) is 5.10 Å². The van der Waals surface area contributed by atoms with Crippen LogP contribution in [0.5, 0.6) is 0 Å². The van der Waals surface area contributed by atoms with Crippen molar-refractivity contribution in [1.82, 2.24) is 15.5 Å². The molecule has 0 atom stereocenters. The van der Waals surface area contributed by atoms with Gasteiger partial charge in [0.15, 0.2) is 5.82 Å². The Bertz CT molecular complexity index is 578. The maximum Gasteiger partial charge on any atom is 0.151 e. The third kappa shape index (κ3) is 3.98. The van der Waals surface area contributed by atoms with E-state index in [9.17, 15) is 4.39 Å². The van der Waals surface area contributed by atoms with Crippen LogP contribution in [0.15, 0.2) is 36.4 Å². The Morgan fingerprint density at radius 3 is 2.52 bits per heavy atom. The lowest BCUT2D eigenvalue weighted by atomic mass is 10.2. The third-order valence-corrected chi connectivity index (χ3v) is 3.58. The molecule has 5 heteroatoms. The molecule has 3 rings (SSSR count). The lowest BCUT2D eigenvalue weighted by Crippen LogP contribution is -2.20. The highest BCUT2D eigenvalue weighted by molar-refractivity contribution is 5.37. The van der Waals surface area contributed by atoms with Crippen LogP contribution in [0.4, 0.5) is 10.2 Å². The van der Waals surface area contributed by atoms with Gasteiger partial charge < -0.3 is 10.2 Å². The summed E-state index contributed by atoms with van der Waals surface area (Å²) in [6.07, 6.45) is 2.54. The molecule has 1 fully saturated rings. The van der Waals surface area contributed by atoms with Gasteiger partial charge in [0.1, 0.15) is 5.82 Å². The van der Waals surface area contributed by atoms with Crippen LogP contribution in [0, 0.1) is 5.82 Å². The zero-order chi connectivity index (χ0) is 14.7. The molecular weight excluding hydrogens is 267 g/mol. The van der Waals surface area contributed by atoms with E-state index in [1.165, 1.54) is 25.0 Å². The zero-order valence-corrected chi connectivity index (χ0v) is 12.1. The maximum absolute atomic E-state index is 12.9. The van der Waals surface area contributed by atoms with Crippen LogP contribution in [0.3, 0.4) is 0 Å². The molecule has 21 heavy (non-hydrogen) atoms. The number of nitrogens with zero attached hydrogens (tertiary/aromatic N) is 3. The lowest BCUT2D eigenvalue weighted by Gasteiger charge is -2.17. The van der Waals surface area contributed by atoms with Crippen molar-refractivity contribution in [3.8, 4) is 0 Å². The number of aromatic nitrogens is 2. The fourth-order valence-electron chi connectivity index (χ4n) is 2.13. The average Bonchev–Trinajstić information content (AvgIpc) is 3.32. The van der Waals surface area contributed by atoms with Crippen molar-refractivity contribution >= 4 is 5.82 Å². The van der Waals surface area contributed by atoms with Gasteiger partial charge in [0.25, 0.3) is 0 Å². The van der Waals surface area contributed by atoms with Crippen molar-refractivity contribution in [2.45, 2.75) is 32.0 Å². The zero-order valence-electron chi connectivity index (χ0n) is 12.1. The topological polar surface area (TPSA) is 41.0 Å². The minimum Gasteiger partial charge on any atom is -0.354 e. The van der Waals surface area contributed by atoms with Gasteiger partial charge in [0.05, 0.1) is 5.69 Å². The Morgan fingerprint density at radius 1 is 1.14 bits per heavy atom. The highest BCUT2D eigenvalue weighted by atomic mass is 19.1. The Balaban J connectivity index is 1.58. The molecule has 1 aliphatic carbocycles. The van der Waals surface area contributed by atoms with Crippen molar-refractivity contribution < 1.29 is 4.39 Å². The summed E-state index contributed by atoms with van der Waals surface area (Å²) in [4.78, 5) is 2.00. The highest BCUT2D eigenvalue weighted by Gasteiger charge is 2.20. The number of benzene rings is 1. The lowest BCUT2D eigenvalue weighted by molar-refractivity contribution is 0.627. The summed E-state index contributed by atoms with van der Waals surface area (Å²) < 4.78 is 12.9. The summed E-state index contributed by atoms with van der Waals surface area (Å²) in [6.45, 7) is 1.45. The van der Waals surface area contributed by atoms with E-state index >= 15 is 0 Å². The average molecular weight is 286 g/mol. The molecule has 0 aliphatic heterocycles. The number of hydrogen-bond acceptors (Lipinski definition) is 4. The Labute approximate surface area is 124 Å². The van der Waals surface area contributed by atoms with Gasteiger partial charge in [-0.3, -0.25) is 0 Å². The summed E-state index contributed by atoms with van der Waals surface area (Å²) in [5.74, 6) is 0.600. The van der Waals surface area contributed by atoms with Crippen molar-refractivity contribution in [1.29, 1.82) is 0 Å². The number of nitrogens with one attached hydrogen (secondary N) is 1. The number of hydrogen-bond donors (Lipinski definition) is 1. The minimum atomic E-state index is -0.214. The first-order valence-electron chi connectivity index (χ1n) is 7.22. The summed E-state index contributed by atoms with van der Waals surface area (Å²) in [5.41, 5.74) is 2.00. The molecular formula is C16H19FN4. The van der Waals surface area contributed by atoms with E-state index in [4.69, 9.17) is 0 Å². The minimum absolute atomic E-state index is 0.214. The van der Waals surface area contributed by atoms with Gasteiger partial charge in [0, 0.05) is 26.2 Å². The molecule has 1 aliphatic rings. The number of halogens is 1. The summed E-state index contributed by atoms with van der Waals surface area (Å²) in [6, 6.07) is 11.2. The second-order valence-corrected chi connectivity index (χ2v) is 5.52. The first kappa shape index (κ1) is 13.9. The predicted octanol–water partition coefficient (Wildman–Crippen LogP) is 2.50. The first-order chi connectivity index (χ1) is 10.2. The quantitative estimate of drug-likeness (QED) is 0.886. The van der Waals surface area contributed by atoms with Gasteiger partial charge in [-0.25, -0.2) is 4.39 Å². The van der Waals surface area contributed by atoms with E-state index in [1.54, 1.807) is 12.1 Å². The summed E-state index contributed by atoms with van der Waals surface area (Å²) >= 11 is 0. The first-order valence-corrected chi connectivity index (χ1v) is 7.22. The molecule has 0 bridgehead atoms. The molecule has 1 N–H and O–H groups in total. The van der Waals surface area contributed by atoms with Crippen LogP contribution in [-0.2, 0) is 13.1 Å². The fraction of sp³-hybridized carbons (Fsp3) is 0.375. The van der Waals surface area contributed by atoms with E-state index < -0.39 is 0 Å². The van der Waals surface area contributed by atoms with E-state index in [0.29, 0.717) is 12.6 Å². The molecule has 4 nitrogen and oxygen atoms in total. The Kier molecular flexibility index (Phi) is 4.10. The highest BCUT2D eigenvalue weighted by Crippen LogP contribution is 2.19. The largest absolute Gasteiger partial charge is 0.354 e. The van der Waals surface area contributed by atoms with E-state index in [0.717, 1.165) is 23.6 Å².